The van der Waals surface area contributed by atoms with E-state index in [9.17, 15) is 13.2 Å². The Morgan fingerprint density at radius 3 is 2.42 bits per heavy atom. The van der Waals surface area contributed by atoms with Gasteiger partial charge in [0, 0.05) is 17.2 Å². The van der Waals surface area contributed by atoms with E-state index in [1.165, 1.54) is 11.4 Å². The first-order valence-corrected chi connectivity index (χ1v) is 8.78. The normalized spacial score (nSPS) is 14.5. The minimum absolute atomic E-state index is 0.0742. The first-order chi connectivity index (χ1) is 11.3. The third kappa shape index (κ3) is 2.59. The van der Waals surface area contributed by atoms with Gasteiger partial charge in [-0.05, 0) is 31.2 Å². The first-order valence-electron chi connectivity index (χ1n) is 7.34. The zero-order valence-corrected chi connectivity index (χ0v) is 14.3. The molecule has 0 fully saturated rings. The van der Waals surface area contributed by atoms with Gasteiger partial charge >= 0.3 is 0 Å². The average Bonchev–Trinajstić information content (AvgIpc) is 2.57. The molecule has 5 nitrogen and oxygen atoms in total. The molecule has 6 heteroatoms. The predicted molar refractivity (Wildman–Crippen MR) is 92.2 cm³/mol. The van der Waals surface area contributed by atoms with E-state index in [0.717, 1.165) is 5.56 Å². The van der Waals surface area contributed by atoms with E-state index in [4.69, 9.17) is 4.74 Å². The SMILES string of the molecule is C=C1CN(S(=O)(=O)c2ccc(C)cc2)c2cc(OC)ccc2C1=O. The quantitative estimate of drug-likeness (QED) is 0.804. The van der Waals surface area contributed by atoms with Crippen LogP contribution < -0.4 is 9.04 Å². The summed E-state index contributed by atoms with van der Waals surface area (Å²) in [6, 6.07) is 11.4. The lowest BCUT2D eigenvalue weighted by Gasteiger charge is -2.31. The Kier molecular flexibility index (Phi) is 3.93. The van der Waals surface area contributed by atoms with Crippen LogP contribution in [0.1, 0.15) is 15.9 Å². The average molecular weight is 343 g/mol. The Hall–Kier alpha value is -2.60. The number of rotatable bonds is 3. The topological polar surface area (TPSA) is 63.7 Å². The molecule has 3 rings (SSSR count). The van der Waals surface area contributed by atoms with E-state index in [0.29, 0.717) is 17.0 Å². The van der Waals surface area contributed by atoms with Crippen LogP contribution in [0.5, 0.6) is 5.75 Å². The van der Waals surface area contributed by atoms with Crippen LogP contribution in [0.4, 0.5) is 5.69 Å². The Morgan fingerprint density at radius 2 is 1.79 bits per heavy atom. The molecule has 0 N–H and O–H groups in total. The van der Waals surface area contributed by atoms with Gasteiger partial charge in [-0.3, -0.25) is 9.10 Å². The second kappa shape index (κ2) is 5.79. The number of fused-ring (bicyclic) bond motifs is 1. The van der Waals surface area contributed by atoms with Crippen molar-refractivity contribution in [2.75, 3.05) is 18.0 Å². The smallest absolute Gasteiger partial charge is 0.264 e. The zero-order valence-electron chi connectivity index (χ0n) is 13.4. The number of ketones is 1. The fraction of sp³-hybridized carbons (Fsp3) is 0.167. The molecule has 0 aromatic heterocycles. The van der Waals surface area contributed by atoms with Crippen LogP contribution in [0.2, 0.25) is 0 Å². The molecule has 0 bridgehead atoms. The molecule has 0 saturated heterocycles. The highest BCUT2D eigenvalue weighted by molar-refractivity contribution is 7.92. The number of methoxy groups -OCH3 is 1. The summed E-state index contributed by atoms with van der Waals surface area (Å²) in [4.78, 5) is 12.5. The number of hydrogen-bond donors (Lipinski definition) is 0. The van der Waals surface area contributed by atoms with E-state index in [1.807, 2.05) is 6.92 Å². The predicted octanol–water partition coefficient (Wildman–Crippen LogP) is 2.95. The van der Waals surface area contributed by atoms with Crippen molar-refractivity contribution < 1.29 is 17.9 Å². The van der Waals surface area contributed by atoms with E-state index in [1.54, 1.807) is 42.5 Å². The van der Waals surface area contributed by atoms with Gasteiger partial charge in [0.15, 0.2) is 5.78 Å². The minimum Gasteiger partial charge on any atom is -0.497 e. The van der Waals surface area contributed by atoms with Crippen LogP contribution in [-0.2, 0) is 10.0 Å². The van der Waals surface area contributed by atoms with Crippen LogP contribution in [0, 0.1) is 6.92 Å². The third-order valence-corrected chi connectivity index (χ3v) is 5.76. The number of anilines is 1. The van der Waals surface area contributed by atoms with Crippen molar-refractivity contribution in [3.8, 4) is 5.75 Å². The summed E-state index contributed by atoms with van der Waals surface area (Å²) in [5.74, 6) is 0.237. The number of hydrogen-bond acceptors (Lipinski definition) is 4. The molecule has 0 radical (unpaired) electrons. The van der Waals surface area contributed by atoms with Crippen LogP contribution >= 0.6 is 0 Å². The van der Waals surface area contributed by atoms with Gasteiger partial charge in [-0.25, -0.2) is 8.42 Å². The number of sulfonamides is 1. The van der Waals surface area contributed by atoms with Crippen LogP contribution in [0.3, 0.4) is 0 Å². The maximum Gasteiger partial charge on any atom is 0.264 e. The third-order valence-electron chi connectivity index (χ3n) is 3.98. The van der Waals surface area contributed by atoms with Gasteiger partial charge in [-0.1, -0.05) is 24.3 Å². The standard InChI is InChI=1S/C18H17NO4S/c1-12-4-7-15(8-5-12)24(21,22)19-11-13(2)18(20)16-9-6-14(23-3)10-17(16)19/h4-10H,2,11H2,1,3H3. The van der Waals surface area contributed by atoms with Gasteiger partial charge in [0.2, 0.25) is 0 Å². The summed E-state index contributed by atoms with van der Waals surface area (Å²) < 4.78 is 32.5. The Morgan fingerprint density at radius 1 is 1.12 bits per heavy atom. The summed E-state index contributed by atoms with van der Waals surface area (Å²) in [7, 11) is -2.32. The highest BCUT2D eigenvalue weighted by atomic mass is 32.2. The van der Waals surface area contributed by atoms with E-state index >= 15 is 0 Å². The molecule has 0 atom stereocenters. The van der Waals surface area contributed by atoms with Crippen molar-refractivity contribution in [1.82, 2.24) is 0 Å². The number of carbonyl (C=O) groups is 1. The summed E-state index contributed by atoms with van der Waals surface area (Å²) in [5, 5.41) is 0. The van der Waals surface area contributed by atoms with Crippen LogP contribution in [0.25, 0.3) is 0 Å². The number of carbonyl (C=O) groups excluding carboxylic acids is 1. The molecule has 24 heavy (non-hydrogen) atoms. The highest BCUT2D eigenvalue weighted by Gasteiger charge is 2.34. The molecule has 1 heterocycles. The van der Waals surface area contributed by atoms with E-state index < -0.39 is 10.0 Å². The van der Waals surface area contributed by atoms with Gasteiger partial charge in [0.05, 0.1) is 24.2 Å². The molecular weight excluding hydrogens is 326 g/mol. The lowest BCUT2D eigenvalue weighted by molar-refractivity contribution is 0.103. The maximum absolute atomic E-state index is 13.0. The highest BCUT2D eigenvalue weighted by Crippen LogP contribution is 2.36. The fourth-order valence-corrected chi connectivity index (χ4v) is 4.08. The number of Topliss-reactive ketones (excluding diaryl/α,β-unsaturated/α-hetero) is 1. The van der Waals surface area contributed by atoms with Crippen molar-refractivity contribution in [3.05, 3.63) is 65.7 Å². The van der Waals surface area contributed by atoms with Crippen molar-refractivity contribution >= 4 is 21.5 Å². The van der Waals surface area contributed by atoms with E-state index in [2.05, 4.69) is 6.58 Å². The molecule has 2 aromatic carbocycles. The molecule has 1 aliphatic heterocycles. The Balaban J connectivity index is 2.18. The van der Waals surface area contributed by atoms with Gasteiger partial charge < -0.3 is 4.74 Å². The molecule has 0 amide bonds. The summed E-state index contributed by atoms with van der Waals surface area (Å²) in [6.07, 6.45) is 0. The van der Waals surface area contributed by atoms with Gasteiger partial charge in [0.1, 0.15) is 5.75 Å². The molecule has 124 valence electrons. The lowest BCUT2D eigenvalue weighted by atomic mass is 9.98. The first kappa shape index (κ1) is 16.3. The van der Waals surface area contributed by atoms with Crippen molar-refractivity contribution in [2.24, 2.45) is 0 Å². The minimum atomic E-state index is -3.81. The number of ether oxygens (including phenoxy) is 1. The molecule has 0 saturated carbocycles. The molecular formula is C18H17NO4S. The molecule has 0 unspecified atom stereocenters. The number of aryl methyl sites for hydroxylation is 1. The lowest BCUT2D eigenvalue weighted by Crippen LogP contribution is -2.38. The van der Waals surface area contributed by atoms with Crippen LogP contribution in [0.15, 0.2) is 59.5 Å². The zero-order chi connectivity index (χ0) is 17.5. The Bertz CT molecular complexity index is 930. The monoisotopic (exact) mass is 343 g/mol. The molecule has 0 spiro atoms. The molecule has 0 aliphatic carbocycles. The van der Waals surface area contributed by atoms with Gasteiger partial charge in [-0.15, -0.1) is 0 Å². The second-order valence-corrected chi connectivity index (χ2v) is 7.50. The van der Waals surface area contributed by atoms with Crippen molar-refractivity contribution in [2.45, 2.75) is 11.8 Å². The summed E-state index contributed by atoms with van der Waals surface area (Å²) >= 11 is 0. The van der Waals surface area contributed by atoms with Gasteiger partial charge in [0.25, 0.3) is 10.0 Å². The number of nitrogens with zero attached hydrogens (tertiary/aromatic N) is 1. The van der Waals surface area contributed by atoms with Gasteiger partial charge in [-0.2, -0.15) is 0 Å². The summed E-state index contributed by atoms with van der Waals surface area (Å²) in [6.45, 7) is 5.53. The molecule has 2 aromatic rings. The Labute approximate surface area is 141 Å². The number of benzene rings is 2. The maximum atomic E-state index is 13.0. The summed E-state index contributed by atoms with van der Waals surface area (Å²) in [5.41, 5.74) is 1.83. The fourth-order valence-electron chi connectivity index (χ4n) is 2.61. The largest absolute Gasteiger partial charge is 0.497 e. The van der Waals surface area contributed by atoms with Crippen LogP contribution in [-0.4, -0.2) is 27.9 Å². The van der Waals surface area contributed by atoms with E-state index in [-0.39, 0.29) is 22.8 Å². The second-order valence-electron chi connectivity index (χ2n) is 5.64. The molecule has 1 aliphatic rings. The van der Waals surface area contributed by atoms with Crippen molar-refractivity contribution in [3.63, 3.8) is 0 Å². The van der Waals surface area contributed by atoms with Crippen molar-refractivity contribution in [1.29, 1.82) is 0 Å².